The molecular formula is C14H12N2O5S2. The molecule has 3 rings (SSSR count). The maximum Gasteiger partial charge on any atom is 0.285 e. The highest BCUT2D eigenvalue weighted by molar-refractivity contribution is 7.91. The zero-order chi connectivity index (χ0) is 16.7. The van der Waals surface area contributed by atoms with Gasteiger partial charge in [-0.15, -0.1) is 4.40 Å². The maximum atomic E-state index is 12.4. The Labute approximate surface area is 133 Å². The molecule has 7 nitrogen and oxygen atoms in total. The smallest absolute Gasteiger partial charge is 0.285 e. The second kappa shape index (κ2) is 5.36. The van der Waals surface area contributed by atoms with Crippen molar-refractivity contribution in [2.24, 2.45) is 4.40 Å². The topological polar surface area (TPSA) is 102 Å². The fourth-order valence-corrected chi connectivity index (χ4v) is 4.38. The summed E-state index contributed by atoms with van der Waals surface area (Å²) in [5.74, 6) is 0.298. The summed E-state index contributed by atoms with van der Waals surface area (Å²) in [7, 11) is -6.37. The Morgan fingerprint density at radius 1 is 1.04 bits per heavy atom. The number of nitrogens with one attached hydrogen (secondary N) is 1. The molecule has 0 aliphatic carbocycles. The lowest BCUT2D eigenvalue weighted by atomic mass is 10.2. The monoisotopic (exact) mass is 352 g/mol. The van der Waals surface area contributed by atoms with Crippen molar-refractivity contribution in [1.29, 1.82) is 0 Å². The predicted molar refractivity (Wildman–Crippen MR) is 83.5 cm³/mol. The van der Waals surface area contributed by atoms with Crippen molar-refractivity contribution in [3.05, 3.63) is 54.1 Å². The van der Waals surface area contributed by atoms with Crippen LogP contribution >= 0.6 is 0 Å². The molecule has 0 aromatic heterocycles. The molecule has 0 bridgehead atoms. The molecule has 0 spiro atoms. The first kappa shape index (κ1) is 15.5. The van der Waals surface area contributed by atoms with Crippen LogP contribution in [-0.4, -0.2) is 29.8 Å². The molecule has 0 amide bonds. The number of nitrogens with zero attached hydrogens (tertiary/aromatic N) is 1. The quantitative estimate of drug-likeness (QED) is 0.892. The van der Waals surface area contributed by atoms with Crippen LogP contribution in [0, 0.1) is 0 Å². The van der Waals surface area contributed by atoms with Crippen LogP contribution in [0.5, 0.6) is 5.75 Å². The summed E-state index contributed by atoms with van der Waals surface area (Å²) < 4.78 is 59.3. The average Bonchev–Trinajstić information content (AvgIpc) is 2.78. The summed E-state index contributed by atoms with van der Waals surface area (Å²) >= 11 is 0. The third kappa shape index (κ3) is 2.80. The van der Waals surface area contributed by atoms with Crippen molar-refractivity contribution in [3.8, 4) is 5.75 Å². The van der Waals surface area contributed by atoms with Gasteiger partial charge < -0.3 is 4.74 Å². The van der Waals surface area contributed by atoms with Crippen LogP contribution in [0.15, 0.2) is 62.7 Å². The number of sulfonamides is 2. The van der Waals surface area contributed by atoms with E-state index < -0.39 is 20.0 Å². The van der Waals surface area contributed by atoms with Gasteiger partial charge in [0.1, 0.15) is 10.6 Å². The molecule has 1 aliphatic heterocycles. The minimum absolute atomic E-state index is 0.0209. The van der Waals surface area contributed by atoms with Crippen molar-refractivity contribution in [1.82, 2.24) is 4.72 Å². The number of methoxy groups -OCH3 is 1. The lowest BCUT2D eigenvalue weighted by Crippen LogP contribution is -2.30. The van der Waals surface area contributed by atoms with Crippen LogP contribution in [0.2, 0.25) is 0 Å². The summed E-state index contributed by atoms with van der Waals surface area (Å²) in [5.41, 5.74) is 0.226. The number of amidine groups is 1. The molecule has 0 saturated carbocycles. The molecule has 0 radical (unpaired) electrons. The zero-order valence-corrected chi connectivity index (χ0v) is 13.6. The van der Waals surface area contributed by atoms with Gasteiger partial charge in [0.15, 0.2) is 5.84 Å². The molecule has 0 fully saturated rings. The van der Waals surface area contributed by atoms with Crippen LogP contribution in [0.1, 0.15) is 5.56 Å². The normalized spacial score (nSPS) is 15.6. The molecule has 0 atom stereocenters. The molecule has 120 valence electrons. The van der Waals surface area contributed by atoms with Gasteiger partial charge in [0.25, 0.3) is 20.0 Å². The fraction of sp³-hybridized carbons (Fsp3) is 0.0714. The molecule has 1 heterocycles. The van der Waals surface area contributed by atoms with E-state index in [1.807, 2.05) is 0 Å². The highest BCUT2D eigenvalue weighted by Gasteiger charge is 2.31. The van der Waals surface area contributed by atoms with Gasteiger partial charge in [0.05, 0.1) is 12.0 Å². The molecule has 0 unspecified atom stereocenters. The molecule has 1 N–H and O–H groups in total. The molecule has 2 aromatic carbocycles. The number of ether oxygens (including phenoxy) is 1. The Hall–Kier alpha value is -2.39. The first-order valence-corrected chi connectivity index (χ1v) is 9.37. The largest absolute Gasteiger partial charge is 0.497 e. The minimum Gasteiger partial charge on any atom is -0.497 e. The van der Waals surface area contributed by atoms with Crippen LogP contribution in [0.4, 0.5) is 0 Å². The summed E-state index contributed by atoms with van der Waals surface area (Å²) in [4.78, 5) is -0.0461. The van der Waals surface area contributed by atoms with Crippen molar-refractivity contribution in [3.63, 3.8) is 0 Å². The molecule has 2 aromatic rings. The van der Waals surface area contributed by atoms with E-state index in [0.29, 0.717) is 5.75 Å². The van der Waals surface area contributed by atoms with Crippen molar-refractivity contribution in [2.75, 3.05) is 7.11 Å². The van der Waals surface area contributed by atoms with Crippen molar-refractivity contribution in [2.45, 2.75) is 9.79 Å². The first-order chi connectivity index (χ1) is 10.8. The van der Waals surface area contributed by atoms with Crippen LogP contribution in [-0.2, 0) is 20.0 Å². The Kier molecular flexibility index (Phi) is 3.61. The van der Waals surface area contributed by atoms with E-state index >= 15 is 0 Å². The lowest BCUT2D eigenvalue weighted by Gasteiger charge is -2.08. The standard InChI is InChI=1S/C14H12N2O5S2/c1-21-10-6-8-11(9-7-10)22(17,18)15-14-12-4-2-3-5-13(12)23(19,20)16-14/h2-9H,1H3,(H,15,16). The summed E-state index contributed by atoms with van der Waals surface area (Å²) in [6, 6.07) is 11.7. The van der Waals surface area contributed by atoms with E-state index in [0.717, 1.165) is 0 Å². The Morgan fingerprint density at radius 2 is 1.70 bits per heavy atom. The van der Waals surface area contributed by atoms with Crippen LogP contribution in [0.3, 0.4) is 0 Å². The van der Waals surface area contributed by atoms with E-state index in [1.54, 1.807) is 12.1 Å². The number of hydrogen-bond donors (Lipinski definition) is 1. The van der Waals surface area contributed by atoms with E-state index in [1.165, 1.54) is 43.5 Å². The summed E-state index contributed by atoms with van der Waals surface area (Å²) in [5, 5.41) is 0. The lowest BCUT2D eigenvalue weighted by molar-refractivity contribution is 0.414. The number of fused-ring (bicyclic) bond motifs is 1. The van der Waals surface area contributed by atoms with E-state index in [4.69, 9.17) is 4.74 Å². The van der Waals surface area contributed by atoms with Crippen LogP contribution in [0.25, 0.3) is 0 Å². The van der Waals surface area contributed by atoms with Gasteiger partial charge in [-0.05, 0) is 36.4 Å². The number of rotatable bonds is 3. The third-order valence-electron chi connectivity index (χ3n) is 3.23. The van der Waals surface area contributed by atoms with Crippen molar-refractivity contribution >= 4 is 25.9 Å². The van der Waals surface area contributed by atoms with Gasteiger partial charge in [0, 0.05) is 5.56 Å². The second-order valence-corrected chi connectivity index (χ2v) is 7.95. The highest BCUT2D eigenvalue weighted by atomic mass is 32.2. The zero-order valence-electron chi connectivity index (χ0n) is 11.9. The van der Waals surface area contributed by atoms with E-state index in [2.05, 4.69) is 9.12 Å². The second-order valence-electron chi connectivity index (χ2n) is 4.69. The Balaban J connectivity index is 1.98. The average molecular weight is 352 g/mol. The Bertz CT molecular complexity index is 994. The first-order valence-electron chi connectivity index (χ1n) is 6.45. The fourth-order valence-electron chi connectivity index (χ4n) is 2.12. The minimum atomic E-state index is -3.96. The SMILES string of the molecule is COc1ccc(S(=O)(=O)NC2=NS(=O)(=O)c3ccccc32)cc1. The van der Waals surface area contributed by atoms with Crippen molar-refractivity contribution < 1.29 is 21.6 Å². The molecular weight excluding hydrogens is 340 g/mol. The van der Waals surface area contributed by atoms with Gasteiger partial charge in [-0.2, -0.15) is 8.42 Å². The summed E-state index contributed by atoms with van der Waals surface area (Å²) in [6.45, 7) is 0. The summed E-state index contributed by atoms with van der Waals surface area (Å²) in [6.07, 6.45) is 0. The van der Waals surface area contributed by atoms with Gasteiger partial charge in [-0.3, -0.25) is 4.72 Å². The third-order valence-corrected chi connectivity index (χ3v) is 5.92. The van der Waals surface area contributed by atoms with Crippen LogP contribution < -0.4 is 9.46 Å². The van der Waals surface area contributed by atoms with Gasteiger partial charge in [-0.25, -0.2) is 8.42 Å². The maximum absolute atomic E-state index is 12.4. The predicted octanol–water partition coefficient (Wildman–Crippen LogP) is 1.12. The molecule has 23 heavy (non-hydrogen) atoms. The van der Waals surface area contributed by atoms with E-state index in [-0.39, 0.29) is 21.2 Å². The van der Waals surface area contributed by atoms with E-state index in [9.17, 15) is 16.8 Å². The number of hydrogen-bond acceptors (Lipinski definition) is 5. The molecule has 9 heteroatoms. The van der Waals surface area contributed by atoms with Gasteiger partial charge in [0.2, 0.25) is 0 Å². The van der Waals surface area contributed by atoms with Gasteiger partial charge in [-0.1, -0.05) is 12.1 Å². The Morgan fingerprint density at radius 3 is 2.35 bits per heavy atom. The molecule has 1 aliphatic rings. The van der Waals surface area contributed by atoms with Gasteiger partial charge >= 0.3 is 0 Å². The highest BCUT2D eigenvalue weighted by Crippen LogP contribution is 2.26. The number of benzene rings is 2. The molecule has 0 saturated heterocycles.